The van der Waals surface area contributed by atoms with Crippen molar-refractivity contribution in [2.45, 2.75) is 105 Å². The summed E-state index contributed by atoms with van der Waals surface area (Å²) in [4.78, 5) is 69.2. The average molecular weight is 800 g/mol. The third-order valence-electron chi connectivity index (χ3n) is 6.51. The summed E-state index contributed by atoms with van der Waals surface area (Å²) in [6, 6.07) is 11.9. The number of aliphatic carboxylic acids is 1. The van der Waals surface area contributed by atoms with Gasteiger partial charge in [0.2, 0.25) is 24.1 Å². The SMILES string of the molecule is C=C1C=C(C)c2cc(NC=O)ccc2O1.CC(C)C.CC(Cc1ccc(O)cc1)NC(=O)CNC(=O)C(NC(=O)CNC(=O)CCC(=O)O)SC(C)C.CCC. The lowest BCUT2D eigenvalue weighted by atomic mass is 10.0. The fourth-order valence-corrected chi connectivity index (χ4v) is 5.27. The maximum Gasteiger partial charge on any atom is 0.303 e. The lowest BCUT2D eigenvalue weighted by Gasteiger charge is -2.20. The second-order valence-corrected chi connectivity index (χ2v) is 15.4. The summed E-state index contributed by atoms with van der Waals surface area (Å²) in [5.41, 5.74) is 3.75. The molecule has 1 heterocycles. The Bertz CT molecular complexity index is 1610. The van der Waals surface area contributed by atoms with E-state index in [2.05, 4.69) is 67.8 Å². The van der Waals surface area contributed by atoms with Gasteiger partial charge in [0.05, 0.1) is 19.5 Å². The van der Waals surface area contributed by atoms with Crippen LogP contribution in [0.4, 0.5) is 5.69 Å². The van der Waals surface area contributed by atoms with Gasteiger partial charge in [0, 0.05) is 29.0 Å². The van der Waals surface area contributed by atoms with Crippen molar-refractivity contribution in [3.8, 4) is 11.5 Å². The Morgan fingerprint density at radius 1 is 0.857 bits per heavy atom. The number of fused-ring (bicyclic) bond motifs is 1. The molecule has 1 aliphatic rings. The van der Waals surface area contributed by atoms with Crippen molar-refractivity contribution >= 4 is 59.0 Å². The maximum atomic E-state index is 12.5. The van der Waals surface area contributed by atoms with E-state index < -0.39 is 41.5 Å². The minimum Gasteiger partial charge on any atom is -0.508 e. The van der Waals surface area contributed by atoms with Crippen LogP contribution in [0.3, 0.4) is 0 Å². The highest BCUT2D eigenvalue weighted by atomic mass is 32.2. The predicted octanol–water partition coefficient (Wildman–Crippen LogP) is 5.76. The first-order valence-electron chi connectivity index (χ1n) is 18.5. The summed E-state index contributed by atoms with van der Waals surface area (Å²) in [5, 5.41) is 29.6. The smallest absolute Gasteiger partial charge is 0.303 e. The number of nitrogens with one attached hydrogen (secondary N) is 5. The quantitative estimate of drug-likeness (QED) is 0.0806. The van der Waals surface area contributed by atoms with Gasteiger partial charge in [-0.2, -0.15) is 0 Å². The summed E-state index contributed by atoms with van der Waals surface area (Å²) < 4.78 is 5.45. The van der Waals surface area contributed by atoms with Gasteiger partial charge in [0.1, 0.15) is 17.3 Å². The average Bonchev–Trinajstić information content (AvgIpc) is 3.10. The molecule has 2 aromatic rings. The number of anilines is 1. The van der Waals surface area contributed by atoms with E-state index in [4.69, 9.17) is 9.84 Å². The third kappa shape index (κ3) is 24.2. The highest BCUT2D eigenvalue weighted by Gasteiger charge is 2.23. The van der Waals surface area contributed by atoms with Crippen LogP contribution < -0.4 is 31.3 Å². The molecule has 0 saturated heterocycles. The maximum absolute atomic E-state index is 12.5. The summed E-state index contributed by atoms with van der Waals surface area (Å²) >= 11 is 1.17. The molecular weight excluding hydrogens is 739 g/mol. The van der Waals surface area contributed by atoms with E-state index in [0.717, 1.165) is 34.1 Å². The van der Waals surface area contributed by atoms with Crippen molar-refractivity contribution in [1.82, 2.24) is 21.3 Å². The molecule has 15 heteroatoms. The first-order valence-corrected chi connectivity index (χ1v) is 19.4. The molecular formula is C41H61N5O9S. The summed E-state index contributed by atoms with van der Waals surface area (Å²) in [7, 11) is 0. The van der Waals surface area contributed by atoms with Crippen LogP contribution >= 0.6 is 11.8 Å². The van der Waals surface area contributed by atoms with Gasteiger partial charge in [-0.05, 0) is 73.7 Å². The second-order valence-electron chi connectivity index (χ2n) is 13.7. The number of carboxylic acids is 1. The number of carbonyl (C=O) groups excluding carboxylic acids is 5. The number of aromatic hydroxyl groups is 1. The Morgan fingerprint density at radius 3 is 1.98 bits per heavy atom. The van der Waals surface area contributed by atoms with Gasteiger partial charge in [0.25, 0.3) is 5.91 Å². The van der Waals surface area contributed by atoms with Gasteiger partial charge in [-0.25, -0.2) is 0 Å². The number of phenols is 1. The molecule has 2 aromatic carbocycles. The van der Waals surface area contributed by atoms with Crippen LogP contribution in [-0.4, -0.2) is 76.0 Å². The van der Waals surface area contributed by atoms with Gasteiger partial charge in [-0.15, -0.1) is 11.8 Å². The highest BCUT2D eigenvalue weighted by molar-refractivity contribution is 8.01. The van der Waals surface area contributed by atoms with Gasteiger partial charge in [-0.3, -0.25) is 28.8 Å². The van der Waals surface area contributed by atoms with E-state index in [1.165, 1.54) is 18.2 Å². The lowest BCUT2D eigenvalue weighted by molar-refractivity contribution is -0.138. The monoisotopic (exact) mass is 799 g/mol. The number of thioether (sulfide) groups is 1. The molecule has 310 valence electrons. The minimum atomic E-state index is -1.12. The van der Waals surface area contributed by atoms with Crippen molar-refractivity contribution in [3.05, 3.63) is 72.0 Å². The fraction of sp³-hybridized carbons (Fsp3) is 0.463. The zero-order valence-corrected chi connectivity index (χ0v) is 34.9. The minimum absolute atomic E-state index is 0.0136. The molecule has 0 fully saturated rings. The molecule has 0 radical (unpaired) electrons. The normalized spacial score (nSPS) is 12.1. The number of phenolic OH excluding ortho intramolecular Hbond substituents is 1. The van der Waals surface area contributed by atoms with Crippen LogP contribution in [0.25, 0.3) is 5.57 Å². The first-order chi connectivity index (χ1) is 26.3. The molecule has 2 atom stereocenters. The lowest BCUT2D eigenvalue weighted by Crippen LogP contribution is -2.50. The van der Waals surface area contributed by atoms with Crippen LogP contribution in [0.1, 0.15) is 92.7 Å². The van der Waals surface area contributed by atoms with E-state index >= 15 is 0 Å². The Balaban J connectivity index is 0.00000112. The van der Waals surface area contributed by atoms with Crippen LogP contribution in [-0.2, 0) is 35.2 Å². The van der Waals surface area contributed by atoms with E-state index in [0.29, 0.717) is 18.6 Å². The van der Waals surface area contributed by atoms with Gasteiger partial charge >= 0.3 is 5.97 Å². The molecule has 1 aliphatic heterocycles. The molecule has 56 heavy (non-hydrogen) atoms. The molecule has 3 rings (SSSR count). The topological polar surface area (TPSA) is 212 Å². The zero-order chi connectivity index (χ0) is 42.8. The summed E-state index contributed by atoms with van der Waals surface area (Å²) in [6.45, 7) is 21.3. The Hall–Kier alpha value is -5.31. The third-order valence-corrected chi connectivity index (χ3v) is 7.66. The molecule has 5 amide bonds. The number of hydrogen-bond donors (Lipinski definition) is 7. The standard InChI is InChI=1S/C22H32N4O7S.C12H11NO2.C4H10.C3H8/c1-13(2)34-22(26-19(30)11-23-17(28)8-9-20(31)32)21(33)24-12-18(29)25-14(3)10-15-4-6-16(27)7-5-15;1-8-5-9(2)15-12-4-3-10(13-7-14)6-11(8)12;1-4(2)3;1-3-2/h4-7,13-14,22,27H,8-12H2,1-3H3,(H,23,28)(H,24,33)(H,25,29)(H,26,30)(H,31,32);3-7H,2H2,1H3,(H,13,14);4H,1-3H3;3H2,1-2H3. The number of amides is 5. The van der Waals surface area contributed by atoms with Crippen molar-refractivity contribution in [1.29, 1.82) is 0 Å². The highest BCUT2D eigenvalue weighted by Crippen LogP contribution is 2.34. The van der Waals surface area contributed by atoms with Gasteiger partial charge in [0.15, 0.2) is 5.37 Å². The number of rotatable bonds is 16. The molecule has 0 aliphatic carbocycles. The van der Waals surface area contributed by atoms with Gasteiger partial charge in [-0.1, -0.05) is 73.6 Å². The van der Waals surface area contributed by atoms with Gasteiger partial charge < -0.3 is 41.5 Å². The zero-order valence-electron chi connectivity index (χ0n) is 34.1. The van der Waals surface area contributed by atoms with Crippen molar-refractivity contribution in [2.24, 2.45) is 5.92 Å². The van der Waals surface area contributed by atoms with Crippen molar-refractivity contribution < 1.29 is 43.7 Å². The molecule has 0 aromatic heterocycles. The Labute approximate surface area is 335 Å². The molecule has 0 bridgehead atoms. The number of allylic oxidation sites excluding steroid dienone is 2. The number of ether oxygens (including phenoxy) is 1. The van der Waals surface area contributed by atoms with Crippen LogP contribution in [0.2, 0.25) is 0 Å². The van der Waals surface area contributed by atoms with E-state index in [1.807, 2.05) is 45.9 Å². The van der Waals surface area contributed by atoms with Crippen LogP contribution in [0.5, 0.6) is 11.5 Å². The number of carboxylic acid groups (broad SMARTS) is 1. The number of carbonyl (C=O) groups is 6. The van der Waals surface area contributed by atoms with Crippen molar-refractivity contribution in [3.63, 3.8) is 0 Å². The van der Waals surface area contributed by atoms with E-state index in [-0.39, 0.29) is 36.4 Å². The second kappa shape index (κ2) is 28.1. The van der Waals surface area contributed by atoms with Crippen LogP contribution in [0.15, 0.2) is 60.9 Å². The van der Waals surface area contributed by atoms with Crippen LogP contribution in [0, 0.1) is 5.92 Å². The summed E-state index contributed by atoms with van der Waals surface area (Å²) in [5.74, 6) is -0.895. The number of benzene rings is 2. The Morgan fingerprint density at radius 2 is 1.43 bits per heavy atom. The van der Waals surface area contributed by atoms with Crippen molar-refractivity contribution in [2.75, 3.05) is 18.4 Å². The molecule has 2 unspecified atom stereocenters. The predicted molar refractivity (Wildman–Crippen MR) is 223 cm³/mol. The molecule has 7 N–H and O–H groups in total. The van der Waals surface area contributed by atoms with E-state index in [1.54, 1.807) is 30.3 Å². The van der Waals surface area contributed by atoms with E-state index in [9.17, 15) is 33.9 Å². The molecule has 0 saturated carbocycles. The Kier molecular flexibility index (Phi) is 25.5. The molecule has 0 spiro atoms. The first kappa shape index (κ1) is 50.7. The summed E-state index contributed by atoms with van der Waals surface area (Å²) in [6.07, 6.45) is 3.71. The fourth-order valence-electron chi connectivity index (χ4n) is 4.32. The number of hydrogen-bond acceptors (Lipinski definition) is 9. The molecule has 14 nitrogen and oxygen atoms in total. The largest absolute Gasteiger partial charge is 0.508 e.